The van der Waals surface area contributed by atoms with E-state index < -0.39 is 0 Å². The van der Waals surface area contributed by atoms with Crippen LogP contribution in [-0.4, -0.2) is 81.9 Å². The number of benzene rings is 1. The van der Waals surface area contributed by atoms with E-state index in [1.54, 1.807) is 24.3 Å². The molecule has 4 rings (SSSR count). The molecule has 7 nitrogen and oxygen atoms in total. The first-order valence-corrected chi connectivity index (χ1v) is 10.1. The maximum atomic E-state index is 12.5. The topological polar surface area (TPSA) is 61.7 Å². The Morgan fingerprint density at radius 2 is 1.43 bits per heavy atom. The molecule has 0 spiro atoms. The first-order valence-electron chi connectivity index (χ1n) is 10.1. The molecule has 0 aliphatic carbocycles. The van der Waals surface area contributed by atoms with E-state index in [9.17, 15) is 9.59 Å². The predicted octanol–water partition coefficient (Wildman–Crippen LogP) is 1.36. The van der Waals surface area contributed by atoms with Gasteiger partial charge < -0.3 is 4.57 Å². The van der Waals surface area contributed by atoms with Crippen LogP contribution in [0.4, 0.5) is 0 Å². The van der Waals surface area contributed by atoms with Crippen LogP contribution >= 0.6 is 0 Å². The Morgan fingerprint density at radius 3 is 2.00 bits per heavy atom. The third-order valence-corrected chi connectivity index (χ3v) is 5.76. The Kier molecular flexibility index (Phi) is 5.54. The van der Waals surface area contributed by atoms with Crippen molar-refractivity contribution < 1.29 is 9.59 Å². The summed E-state index contributed by atoms with van der Waals surface area (Å²) in [5.41, 5.74) is 1.06. The molecule has 28 heavy (non-hydrogen) atoms. The van der Waals surface area contributed by atoms with Crippen LogP contribution in [0.3, 0.4) is 0 Å². The molecule has 1 aromatic heterocycles. The second kappa shape index (κ2) is 8.24. The van der Waals surface area contributed by atoms with Crippen molar-refractivity contribution in [2.75, 3.05) is 45.8 Å². The van der Waals surface area contributed by atoms with Gasteiger partial charge in [-0.05, 0) is 12.1 Å². The van der Waals surface area contributed by atoms with E-state index in [2.05, 4.69) is 32.5 Å². The van der Waals surface area contributed by atoms with Crippen molar-refractivity contribution in [2.45, 2.75) is 19.9 Å². The molecule has 0 atom stereocenters. The van der Waals surface area contributed by atoms with Crippen LogP contribution in [0.5, 0.6) is 0 Å². The maximum absolute atomic E-state index is 12.5. The summed E-state index contributed by atoms with van der Waals surface area (Å²) < 4.78 is 2.23. The van der Waals surface area contributed by atoms with Crippen molar-refractivity contribution in [3.8, 4) is 0 Å². The summed E-state index contributed by atoms with van der Waals surface area (Å²) in [4.78, 5) is 35.5. The number of rotatable bonds is 7. The van der Waals surface area contributed by atoms with E-state index in [4.69, 9.17) is 0 Å². The molecule has 0 bridgehead atoms. The van der Waals surface area contributed by atoms with Crippen LogP contribution in [0.2, 0.25) is 0 Å². The van der Waals surface area contributed by atoms with Gasteiger partial charge >= 0.3 is 0 Å². The predicted molar refractivity (Wildman–Crippen MR) is 106 cm³/mol. The molecule has 3 heterocycles. The summed E-state index contributed by atoms with van der Waals surface area (Å²) in [6, 6.07) is 7.08. The summed E-state index contributed by atoms with van der Waals surface area (Å²) in [6.07, 6.45) is 4.88. The van der Waals surface area contributed by atoms with E-state index in [0.717, 1.165) is 58.1 Å². The number of hydrogen-bond donors (Lipinski definition) is 0. The average Bonchev–Trinajstić information content (AvgIpc) is 3.29. The minimum atomic E-state index is -0.161. The highest BCUT2D eigenvalue weighted by atomic mass is 16.2. The molecule has 0 unspecified atom stereocenters. The van der Waals surface area contributed by atoms with E-state index in [1.807, 2.05) is 6.20 Å². The van der Waals surface area contributed by atoms with E-state index >= 15 is 0 Å². The number of carbonyl (C=O) groups is 2. The number of amides is 2. The van der Waals surface area contributed by atoms with Crippen LogP contribution in [0.15, 0.2) is 36.7 Å². The highest BCUT2D eigenvalue weighted by Crippen LogP contribution is 2.22. The number of piperazine rings is 1. The summed E-state index contributed by atoms with van der Waals surface area (Å²) in [5.74, 6) is 0.817. The number of fused-ring (bicyclic) bond motifs is 1. The van der Waals surface area contributed by atoms with Gasteiger partial charge in [0.25, 0.3) is 11.8 Å². The van der Waals surface area contributed by atoms with Gasteiger partial charge in [-0.15, -0.1) is 0 Å². The zero-order valence-corrected chi connectivity index (χ0v) is 16.4. The monoisotopic (exact) mass is 381 g/mol. The Labute approximate surface area is 165 Å². The summed E-state index contributed by atoms with van der Waals surface area (Å²) in [7, 11) is 0. The molecule has 2 aliphatic heterocycles. The van der Waals surface area contributed by atoms with Crippen LogP contribution < -0.4 is 0 Å². The van der Waals surface area contributed by atoms with Gasteiger partial charge in [0, 0.05) is 71.2 Å². The van der Waals surface area contributed by atoms with Gasteiger partial charge in [0.05, 0.1) is 11.1 Å². The molecule has 0 N–H and O–H groups in total. The third-order valence-electron chi connectivity index (χ3n) is 5.76. The van der Waals surface area contributed by atoms with E-state index in [1.165, 1.54) is 4.90 Å². The Morgan fingerprint density at radius 1 is 0.857 bits per heavy atom. The number of imide groups is 1. The van der Waals surface area contributed by atoms with Crippen LogP contribution in [0.1, 0.15) is 33.5 Å². The largest absolute Gasteiger partial charge is 0.334 e. The molecule has 1 fully saturated rings. The fourth-order valence-electron chi connectivity index (χ4n) is 4.03. The number of carbonyl (C=O) groups excluding carboxylic acids is 2. The van der Waals surface area contributed by atoms with Crippen molar-refractivity contribution in [2.24, 2.45) is 0 Å². The number of hydrogen-bond acceptors (Lipinski definition) is 5. The van der Waals surface area contributed by atoms with E-state index in [0.29, 0.717) is 17.7 Å². The second-order valence-corrected chi connectivity index (χ2v) is 7.38. The fourth-order valence-corrected chi connectivity index (χ4v) is 4.03. The highest BCUT2D eigenvalue weighted by molar-refractivity contribution is 6.21. The lowest BCUT2D eigenvalue weighted by molar-refractivity contribution is 0.0614. The average molecular weight is 381 g/mol. The highest BCUT2D eigenvalue weighted by Gasteiger charge is 2.35. The number of imidazole rings is 1. The molecule has 1 aromatic carbocycles. The minimum Gasteiger partial charge on any atom is -0.334 e. The molecule has 2 amide bonds. The minimum absolute atomic E-state index is 0.161. The lowest BCUT2D eigenvalue weighted by atomic mass is 10.1. The molecule has 0 saturated carbocycles. The number of nitrogens with zero attached hydrogens (tertiary/aromatic N) is 5. The van der Waals surface area contributed by atoms with Gasteiger partial charge in [-0.25, -0.2) is 4.98 Å². The standard InChI is InChI=1S/C21H27N5O2/c1-2-19-22-7-8-25(19)15-13-23-9-11-24(12-10-23)14-16-26-20(27)17-5-3-4-6-18(17)21(26)28/h3-8H,2,9-16H2,1H3. The number of aryl methyl sites for hydroxylation is 1. The molecular formula is C21H27N5O2. The summed E-state index contributed by atoms with van der Waals surface area (Å²) in [6.45, 7) is 9.28. The third kappa shape index (κ3) is 3.72. The quantitative estimate of drug-likeness (QED) is 0.678. The Bertz CT molecular complexity index is 819. The Balaban J connectivity index is 1.22. The van der Waals surface area contributed by atoms with E-state index in [-0.39, 0.29) is 11.8 Å². The molecule has 2 aliphatic rings. The van der Waals surface area contributed by atoms with Crippen LogP contribution in [0.25, 0.3) is 0 Å². The normalized spacial score (nSPS) is 18.1. The zero-order valence-electron chi connectivity index (χ0n) is 16.4. The van der Waals surface area contributed by atoms with Crippen molar-refractivity contribution in [3.05, 3.63) is 53.6 Å². The molecular weight excluding hydrogens is 354 g/mol. The first-order chi connectivity index (χ1) is 13.7. The Hall–Kier alpha value is -2.51. The summed E-state index contributed by atoms with van der Waals surface area (Å²) >= 11 is 0. The van der Waals surface area contributed by atoms with Crippen molar-refractivity contribution in [1.82, 2.24) is 24.3 Å². The van der Waals surface area contributed by atoms with Crippen LogP contribution in [0, 0.1) is 0 Å². The van der Waals surface area contributed by atoms with Gasteiger partial charge in [-0.3, -0.25) is 24.3 Å². The summed E-state index contributed by atoms with van der Waals surface area (Å²) in [5, 5.41) is 0. The van der Waals surface area contributed by atoms with Gasteiger partial charge in [0.1, 0.15) is 5.82 Å². The fraction of sp³-hybridized carbons (Fsp3) is 0.476. The first kappa shape index (κ1) is 18.8. The molecule has 148 valence electrons. The molecule has 0 radical (unpaired) electrons. The molecule has 1 saturated heterocycles. The SMILES string of the molecule is CCc1nccn1CCN1CCN(CCN2C(=O)c3ccccc3C2=O)CC1. The van der Waals surface area contributed by atoms with Crippen molar-refractivity contribution in [3.63, 3.8) is 0 Å². The van der Waals surface area contributed by atoms with Gasteiger partial charge in [0.2, 0.25) is 0 Å². The molecule has 7 heteroatoms. The van der Waals surface area contributed by atoms with Crippen molar-refractivity contribution >= 4 is 11.8 Å². The second-order valence-electron chi connectivity index (χ2n) is 7.38. The zero-order chi connectivity index (χ0) is 19.5. The maximum Gasteiger partial charge on any atom is 0.261 e. The van der Waals surface area contributed by atoms with Gasteiger partial charge in [0.15, 0.2) is 0 Å². The number of aromatic nitrogens is 2. The smallest absolute Gasteiger partial charge is 0.261 e. The molecule has 2 aromatic rings. The van der Waals surface area contributed by atoms with Crippen molar-refractivity contribution in [1.29, 1.82) is 0 Å². The van der Waals surface area contributed by atoms with Gasteiger partial charge in [-0.2, -0.15) is 0 Å². The lowest BCUT2D eigenvalue weighted by Crippen LogP contribution is -2.49. The van der Waals surface area contributed by atoms with Crippen LogP contribution in [-0.2, 0) is 13.0 Å². The van der Waals surface area contributed by atoms with Gasteiger partial charge in [-0.1, -0.05) is 19.1 Å². The lowest BCUT2D eigenvalue weighted by Gasteiger charge is -2.35.